The standard InChI is InChI=1S/C31H33N3O4S/c1-37-30-17-16-28(20-31(30)38-29-14-5-6-15-29)34(22-25-11-8-18-32-21-25)27-13-7-12-26(19-27)33-39(35,36)23-24-9-3-2-4-10-24/h2-4,7-13,16-21,29,33H,5-6,14-15,22-23H2,1H3. The van der Waals surface area contributed by atoms with Crippen LogP contribution >= 0.6 is 0 Å². The summed E-state index contributed by atoms with van der Waals surface area (Å²) in [4.78, 5) is 6.40. The second-order valence-electron chi connectivity index (χ2n) is 9.70. The van der Waals surface area contributed by atoms with E-state index in [-0.39, 0.29) is 11.9 Å². The summed E-state index contributed by atoms with van der Waals surface area (Å²) in [5.74, 6) is 1.30. The van der Waals surface area contributed by atoms with Crippen LogP contribution < -0.4 is 19.1 Å². The van der Waals surface area contributed by atoms with Crippen molar-refractivity contribution in [2.45, 2.75) is 44.1 Å². The van der Waals surface area contributed by atoms with Gasteiger partial charge in [-0.3, -0.25) is 9.71 Å². The summed E-state index contributed by atoms with van der Waals surface area (Å²) in [6.45, 7) is 0.531. The van der Waals surface area contributed by atoms with Crippen molar-refractivity contribution in [3.63, 3.8) is 0 Å². The molecular formula is C31H33N3O4S. The van der Waals surface area contributed by atoms with E-state index in [1.807, 2.05) is 72.9 Å². The van der Waals surface area contributed by atoms with Gasteiger partial charge in [-0.2, -0.15) is 0 Å². The molecule has 39 heavy (non-hydrogen) atoms. The van der Waals surface area contributed by atoms with E-state index in [0.717, 1.165) is 35.3 Å². The van der Waals surface area contributed by atoms with Crippen LogP contribution in [0, 0.1) is 0 Å². The van der Waals surface area contributed by atoms with E-state index in [4.69, 9.17) is 9.47 Å². The second-order valence-corrected chi connectivity index (χ2v) is 11.4. The molecule has 0 amide bonds. The molecule has 4 aromatic rings. The molecule has 1 aliphatic rings. The molecule has 1 aromatic heterocycles. The highest BCUT2D eigenvalue weighted by molar-refractivity contribution is 7.91. The number of rotatable bonds is 11. The van der Waals surface area contributed by atoms with Crippen LogP contribution in [-0.4, -0.2) is 26.6 Å². The third-order valence-corrected chi connectivity index (χ3v) is 8.01. The fourth-order valence-electron chi connectivity index (χ4n) is 4.86. The molecular weight excluding hydrogens is 510 g/mol. The molecule has 0 aliphatic heterocycles. The van der Waals surface area contributed by atoms with E-state index in [1.165, 1.54) is 12.8 Å². The number of sulfonamides is 1. The summed E-state index contributed by atoms with van der Waals surface area (Å²) >= 11 is 0. The fraction of sp³-hybridized carbons (Fsp3) is 0.258. The lowest BCUT2D eigenvalue weighted by Gasteiger charge is -2.27. The number of ether oxygens (including phenoxy) is 2. The summed E-state index contributed by atoms with van der Waals surface area (Å²) < 4.78 is 40.6. The molecule has 1 heterocycles. The van der Waals surface area contributed by atoms with E-state index in [9.17, 15) is 8.42 Å². The van der Waals surface area contributed by atoms with Gasteiger partial charge in [-0.15, -0.1) is 0 Å². The Kier molecular flexibility index (Phi) is 8.32. The van der Waals surface area contributed by atoms with Crippen molar-refractivity contribution in [3.05, 3.63) is 108 Å². The van der Waals surface area contributed by atoms with Gasteiger partial charge in [0, 0.05) is 36.4 Å². The zero-order chi connectivity index (χ0) is 27.1. The third-order valence-electron chi connectivity index (χ3n) is 6.75. The maximum absolute atomic E-state index is 12.9. The van der Waals surface area contributed by atoms with Gasteiger partial charge >= 0.3 is 0 Å². The molecule has 0 saturated heterocycles. The first-order chi connectivity index (χ1) is 19.0. The molecule has 1 saturated carbocycles. The minimum Gasteiger partial charge on any atom is -0.493 e. The van der Waals surface area contributed by atoms with Gasteiger partial charge < -0.3 is 14.4 Å². The van der Waals surface area contributed by atoms with Crippen LogP contribution in [-0.2, 0) is 22.3 Å². The predicted octanol–water partition coefficient (Wildman–Crippen LogP) is 6.69. The number of aromatic nitrogens is 1. The first-order valence-electron chi connectivity index (χ1n) is 13.1. The lowest BCUT2D eigenvalue weighted by Crippen LogP contribution is -2.19. The van der Waals surface area contributed by atoms with Crippen LogP contribution in [0.15, 0.2) is 97.3 Å². The number of nitrogens with one attached hydrogen (secondary N) is 1. The highest BCUT2D eigenvalue weighted by Crippen LogP contribution is 2.38. The fourth-order valence-corrected chi connectivity index (χ4v) is 6.05. The minimum atomic E-state index is -3.60. The molecule has 7 nitrogen and oxygen atoms in total. The smallest absolute Gasteiger partial charge is 0.236 e. The summed E-state index contributed by atoms with van der Waals surface area (Å²) in [6, 6.07) is 26.4. The van der Waals surface area contributed by atoms with Gasteiger partial charge in [0.15, 0.2) is 11.5 Å². The molecule has 1 fully saturated rings. The van der Waals surface area contributed by atoms with Crippen molar-refractivity contribution >= 4 is 27.1 Å². The molecule has 8 heteroatoms. The quantitative estimate of drug-likeness (QED) is 0.227. The van der Waals surface area contributed by atoms with Gasteiger partial charge in [0.1, 0.15) is 0 Å². The largest absolute Gasteiger partial charge is 0.493 e. The predicted molar refractivity (Wildman–Crippen MR) is 155 cm³/mol. The van der Waals surface area contributed by atoms with Crippen molar-refractivity contribution in [1.82, 2.24) is 4.98 Å². The molecule has 5 rings (SSSR count). The van der Waals surface area contributed by atoms with Crippen molar-refractivity contribution in [3.8, 4) is 11.5 Å². The van der Waals surface area contributed by atoms with Crippen LogP contribution in [0.3, 0.4) is 0 Å². The minimum absolute atomic E-state index is 0.0994. The Balaban J connectivity index is 1.46. The maximum Gasteiger partial charge on any atom is 0.236 e. The summed E-state index contributed by atoms with van der Waals surface area (Å²) in [5.41, 5.74) is 3.97. The van der Waals surface area contributed by atoms with Gasteiger partial charge in [-0.25, -0.2) is 8.42 Å². The van der Waals surface area contributed by atoms with Crippen LogP contribution in [0.4, 0.5) is 17.1 Å². The van der Waals surface area contributed by atoms with Crippen LogP contribution in [0.5, 0.6) is 11.5 Å². The SMILES string of the molecule is COc1ccc(N(Cc2cccnc2)c2cccc(NS(=O)(=O)Cc3ccccc3)c2)cc1OC1CCCC1. The number of anilines is 3. The zero-order valence-corrected chi connectivity index (χ0v) is 22.8. The van der Waals surface area contributed by atoms with E-state index < -0.39 is 10.0 Å². The number of pyridine rings is 1. The normalized spacial score (nSPS) is 13.7. The van der Waals surface area contributed by atoms with Gasteiger partial charge in [0.05, 0.1) is 24.7 Å². The Morgan fingerprint density at radius 2 is 1.64 bits per heavy atom. The van der Waals surface area contributed by atoms with Gasteiger partial charge in [-0.05, 0) is 73.2 Å². The zero-order valence-electron chi connectivity index (χ0n) is 22.0. The van der Waals surface area contributed by atoms with Gasteiger partial charge in [0.25, 0.3) is 0 Å². The highest BCUT2D eigenvalue weighted by atomic mass is 32.2. The number of hydrogen-bond acceptors (Lipinski definition) is 6. The van der Waals surface area contributed by atoms with Crippen molar-refractivity contribution in [1.29, 1.82) is 0 Å². The molecule has 202 valence electrons. The van der Waals surface area contributed by atoms with Crippen LogP contribution in [0.2, 0.25) is 0 Å². The summed E-state index contributed by atoms with van der Waals surface area (Å²) in [6.07, 6.45) is 8.19. The van der Waals surface area contributed by atoms with E-state index >= 15 is 0 Å². The molecule has 0 spiro atoms. The Labute approximate surface area is 230 Å². The number of benzene rings is 3. The van der Waals surface area contributed by atoms with Crippen molar-refractivity contribution in [2.24, 2.45) is 0 Å². The third kappa shape index (κ3) is 7.09. The van der Waals surface area contributed by atoms with Crippen molar-refractivity contribution < 1.29 is 17.9 Å². The van der Waals surface area contributed by atoms with Gasteiger partial charge in [-0.1, -0.05) is 42.5 Å². The average molecular weight is 544 g/mol. The summed E-state index contributed by atoms with van der Waals surface area (Å²) in [7, 11) is -1.95. The van der Waals surface area contributed by atoms with Crippen LogP contribution in [0.25, 0.3) is 0 Å². The molecule has 0 atom stereocenters. The number of methoxy groups -OCH3 is 1. The Hall–Kier alpha value is -4.04. The lowest BCUT2D eigenvalue weighted by atomic mass is 10.1. The molecule has 1 N–H and O–H groups in total. The molecule has 1 aliphatic carbocycles. The molecule has 0 radical (unpaired) electrons. The van der Waals surface area contributed by atoms with Crippen LogP contribution in [0.1, 0.15) is 36.8 Å². The number of hydrogen-bond donors (Lipinski definition) is 1. The maximum atomic E-state index is 12.9. The second kappa shape index (κ2) is 12.2. The molecule has 0 unspecified atom stereocenters. The number of nitrogens with zero attached hydrogens (tertiary/aromatic N) is 2. The highest BCUT2D eigenvalue weighted by Gasteiger charge is 2.21. The Morgan fingerprint density at radius 3 is 2.38 bits per heavy atom. The molecule has 0 bridgehead atoms. The van der Waals surface area contributed by atoms with E-state index in [1.54, 1.807) is 31.5 Å². The van der Waals surface area contributed by atoms with Crippen molar-refractivity contribution in [2.75, 3.05) is 16.7 Å². The van der Waals surface area contributed by atoms with Gasteiger partial charge in [0.2, 0.25) is 10.0 Å². The monoisotopic (exact) mass is 543 g/mol. The first-order valence-corrected chi connectivity index (χ1v) is 14.8. The topological polar surface area (TPSA) is 80.8 Å². The lowest BCUT2D eigenvalue weighted by molar-refractivity contribution is 0.201. The van der Waals surface area contributed by atoms with E-state index in [0.29, 0.717) is 23.7 Å². The Bertz CT molecular complexity index is 1470. The first kappa shape index (κ1) is 26.6. The molecule has 3 aromatic carbocycles. The van der Waals surface area contributed by atoms with E-state index in [2.05, 4.69) is 14.6 Å². The summed E-state index contributed by atoms with van der Waals surface area (Å²) in [5, 5.41) is 0. The Morgan fingerprint density at radius 1 is 0.872 bits per heavy atom. The average Bonchev–Trinajstić information content (AvgIpc) is 3.45.